The van der Waals surface area contributed by atoms with Crippen molar-refractivity contribution >= 4 is 38.9 Å². The highest BCUT2D eigenvalue weighted by molar-refractivity contribution is 7.18. The van der Waals surface area contributed by atoms with Crippen LogP contribution in [0.2, 0.25) is 0 Å². The number of amides is 2. The van der Waals surface area contributed by atoms with Gasteiger partial charge in [0.15, 0.2) is 0 Å². The van der Waals surface area contributed by atoms with Gasteiger partial charge in [0.2, 0.25) is 5.89 Å². The van der Waals surface area contributed by atoms with E-state index in [0.29, 0.717) is 24.7 Å². The fourth-order valence-corrected chi connectivity index (χ4v) is 4.27. The fraction of sp³-hybridized carbons (Fsp3) is 0.211. The number of oxazole rings is 1. The van der Waals surface area contributed by atoms with Gasteiger partial charge in [-0.1, -0.05) is 18.2 Å². The number of hydrogen-bond acceptors (Lipinski definition) is 6. The van der Waals surface area contributed by atoms with Crippen LogP contribution in [0.25, 0.3) is 21.0 Å². The first-order chi connectivity index (χ1) is 13.3. The lowest BCUT2D eigenvalue weighted by Crippen LogP contribution is -2.35. The molecule has 0 spiro atoms. The molecule has 0 aliphatic carbocycles. The maximum absolute atomic E-state index is 11.9. The number of para-hydroxylation sites is 1. The first-order valence-corrected chi connectivity index (χ1v) is 10.3. The van der Waals surface area contributed by atoms with Gasteiger partial charge < -0.3 is 15.1 Å². The quantitative estimate of drug-likeness (QED) is 0.451. The first-order valence-electron chi connectivity index (χ1n) is 8.62. The smallest absolute Gasteiger partial charge is 0.315 e. The topological polar surface area (TPSA) is 80.0 Å². The van der Waals surface area contributed by atoms with E-state index >= 15 is 0 Å². The molecule has 4 aromatic rings. The van der Waals surface area contributed by atoms with E-state index in [4.69, 9.17) is 4.42 Å². The summed E-state index contributed by atoms with van der Waals surface area (Å²) < 4.78 is 6.64. The number of thiophene rings is 1. The van der Waals surface area contributed by atoms with Crippen LogP contribution in [0.15, 0.2) is 52.5 Å². The highest BCUT2D eigenvalue weighted by Gasteiger charge is 2.09. The van der Waals surface area contributed by atoms with E-state index in [1.54, 1.807) is 28.9 Å². The summed E-state index contributed by atoms with van der Waals surface area (Å²) >= 11 is 3.27. The Labute approximate surface area is 164 Å². The minimum Gasteiger partial charge on any atom is -0.443 e. The number of fused-ring (bicyclic) bond motifs is 1. The van der Waals surface area contributed by atoms with E-state index < -0.39 is 0 Å². The zero-order valence-corrected chi connectivity index (χ0v) is 16.1. The maximum atomic E-state index is 11.9. The number of nitrogens with zero attached hydrogens (tertiary/aromatic N) is 2. The Bertz CT molecular complexity index is 990. The van der Waals surface area contributed by atoms with Gasteiger partial charge in [0, 0.05) is 13.0 Å². The molecule has 0 saturated carbocycles. The van der Waals surface area contributed by atoms with Gasteiger partial charge in [-0.15, -0.1) is 22.7 Å². The second-order valence-electron chi connectivity index (χ2n) is 5.91. The molecule has 2 N–H and O–H groups in total. The van der Waals surface area contributed by atoms with Crippen molar-refractivity contribution in [1.29, 1.82) is 0 Å². The highest BCUT2D eigenvalue weighted by Crippen LogP contribution is 2.24. The van der Waals surface area contributed by atoms with Gasteiger partial charge in [0.25, 0.3) is 0 Å². The largest absolute Gasteiger partial charge is 0.443 e. The van der Waals surface area contributed by atoms with Gasteiger partial charge in [-0.3, -0.25) is 0 Å². The van der Waals surface area contributed by atoms with Crippen LogP contribution in [0, 0.1) is 0 Å². The second kappa shape index (κ2) is 8.32. The Morgan fingerprint density at radius 2 is 2.04 bits per heavy atom. The average molecular weight is 399 g/mol. The van der Waals surface area contributed by atoms with E-state index in [1.807, 2.05) is 35.7 Å². The Morgan fingerprint density at radius 1 is 1.11 bits per heavy atom. The zero-order valence-electron chi connectivity index (χ0n) is 14.5. The molecule has 138 valence electrons. The molecular weight excluding hydrogens is 380 g/mol. The van der Waals surface area contributed by atoms with Crippen LogP contribution in [0.5, 0.6) is 0 Å². The summed E-state index contributed by atoms with van der Waals surface area (Å²) in [6, 6.07) is 11.8. The normalized spacial score (nSPS) is 11.0. The third-order valence-corrected chi connectivity index (χ3v) is 5.86. The lowest BCUT2D eigenvalue weighted by atomic mass is 10.3. The molecule has 27 heavy (non-hydrogen) atoms. The molecule has 0 aliphatic rings. The monoisotopic (exact) mass is 398 g/mol. The molecule has 6 nitrogen and oxygen atoms in total. The molecule has 0 atom stereocenters. The van der Waals surface area contributed by atoms with Crippen LogP contribution in [0.4, 0.5) is 4.79 Å². The predicted molar refractivity (Wildman–Crippen MR) is 108 cm³/mol. The van der Waals surface area contributed by atoms with Crippen LogP contribution < -0.4 is 10.6 Å². The summed E-state index contributed by atoms with van der Waals surface area (Å²) in [5.74, 6) is 0.582. The molecule has 0 fully saturated rings. The minimum atomic E-state index is -0.208. The van der Waals surface area contributed by atoms with Gasteiger partial charge >= 0.3 is 6.03 Å². The number of aryl methyl sites for hydroxylation is 1. The fourth-order valence-electron chi connectivity index (χ4n) is 2.60. The van der Waals surface area contributed by atoms with Gasteiger partial charge in [0.1, 0.15) is 6.26 Å². The summed E-state index contributed by atoms with van der Waals surface area (Å²) in [6.07, 6.45) is 3.27. The number of hydrogen-bond donors (Lipinski definition) is 2. The summed E-state index contributed by atoms with van der Waals surface area (Å²) in [5, 5.41) is 8.73. The lowest BCUT2D eigenvalue weighted by Gasteiger charge is -2.05. The third kappa shape index (κ3) is 4.53. The van der Waals surface area contributed by atoms with Crippen molar-refractivity contribution < 1.29 is 9.21 Å². The van der Waals surface area contributed by atoms with E-state index in [0.717, 1.165) is 28.2 Å². The molecule has 2 amide bonds. The van der Waals surface area contributed by atoms with E-state index in [2.05, 4.69) is 26.7 Å². The molecule has 4 rings (SSSR count). The van der Waals surface area contributed by atoms with E-state index in [-0.39, 0.29) is 6.03 Å². The molecule has 0 aliphatic heterocycles. The number of urea groups is 1. The Kier molecular flexibility index (Phi) is 5.45. The Balaban J connectivity index is 1.18. The van der Waals surface area contributed by atoms with Crippen LogP contribution >= 0.6 is 22.7 Å². The van der Waals surface area contributed by atoms with Crippen molar-refractivity contribution in [1.82, 2.24) is 20.6 Å². The molecule has 3 aromatic heterocycles. The second-order valence-corrected chi connectivity index (χ2v) is 7.97. The van der Waals surface area contributed by atoms with Crippen molar-refractivity contribution in [3.05, 3.63) is 58.7 Å². The van der Waals surface area contributed by atoms with Gasteiger partial charge in [-0.05, 0) is 30.0 Å². The van der Waals surface area contributed by atoms with Crippen molar-refractivity contribution in [2.24, 2.45) is 0 Å². The SMILES string of the molecule is O=C(NCCCc1nc2ccccc2s1)NCc1coc(-c2cccs2)n1. The highest BCUT2D eigenvalue weighted by atomic mass is 32.1. The average Bonchev–Trinajstić information content (AvgIpc) is 3.43. The molecule has 0 bridgehead atoms. The maximum Gasteiger partial charge on any atom is 0.315 e. The van der Waals surface area contributed by atoms with Gasteiger partial charge in [0.05, 0.1) is 32.3 Å². The van der Waals surface area contributed by atoms with Crippen LogP contribution in [-0.2, 0) is 13.0 Å². The van der Waals surface area contributed by atoms with Gasteiger partial charge in [-0.2, -0.15) is 0 Å². The number of rotatable bonds is 7. The van der Waals surface area contributed by atoms with Crippen LogP contribution in [0.1, 0.15) is 17.1 Å². The lowest BCUT2D eigenvalue weighted by molar-refractivity contribution is 0.240. The zero-order chi connectivity index (χ0) is 18.5. The summed E-state index contributed by atoms with van der Waals surface area (Å²) in [6.45, 7) is 0.930. The van der Waals surface area contributed by atoms with Crippen molar-refractivity contribution in [2.75, 3.05) is 6.54 Å². The van der Waals surface area contributed by atoms with Crippen molar-refractivity contribution in [2.45, 2.75) is 19.4 Å². The predicted octanol–water partition coefficient (Wildman–Crippen LogP) is 4.44. The van der Waals surface area contributed by atoms with E-state index in [9.17, 15) is 4.79 Å². The number of carbonyl (C=O) groups excluding carboxylic acids is 1. The van der Waals surface area contributed by atoms with Crippen molar-refractivity contribution in [3.63, 3.8) is 0 Å². The Morgan fingerprint density at radius 3 is 2.89 bits per heavy atom. The standard InChI is InChI=1S/C19H18N4O2S2/c24-19(21-11-13-12-25-18(22-13)16-7-4-10-26-16)20-9-3-8-17-23-14-5-1-2-6-15(14)27-17/h1-2,4-7,10,12H,3,8-9,11H2,(H2,20,21,24). The van der Waals surface area contributed by atoms with Gasteiger partial charge in [-0.25, -0.2) is 14.8 Å². The molecule has 0 unspecified atom stereocenters. The molecule has 3 heterocycles. The number of aromatic nitrogens is 2. The summed E-state index contributed by atoms with van der Waals surface area (Å²) in [7, 11) is 0. The van der Waals surface area contributed by atoms with E-state index in [1.165, 1.54) is 4.70 Å². The molecular formula is C19H18N4O2S2. The first kappa shape index (κ1) is 17.7. The van der Waals surface area contributed by atoms with Crippen molar-refractivity contribution in [3.8, 4) is 10.8 Å². The number of nitrogens with one attached hydrogen (secondary N) is 2. The molecule has 0 saturated heterocycles. The molecule has 8 heteroatoms. The summed E-state index contributed by atoms with van der Waals surface area (Å²) in [4.78, 5) is 21.9. The third-order valence-electron chi connectivity index (χ3n) is 3.90. The summed E-state index contributed by atoms with van der Waals surface area (Å²) in [5.41, 5.74) is 1.74. The number of carbonyl (C=O) groups is 1. The molecule has 1 aromatic carbocycles. The Hall–Kier alpha value is -2.71. The van der Waals surface area contributed by atoms with Crippen LogP contribution in [-0.4, -0.2) is 22.5 Å². The minimum absolute atomic E-state index is 0.208. The van der Waals surface area contributed by atoms with Crippen LogP contribution in [0.3, 0.4) is 0 Å². The number of thiazole rings is 1. The number of benzene rings is 1. The molecule has 0 radical (unpaired) electrons.